The zero-order valence-corrected chi connectivity index (χ0v) is 13.2. The van der Waals surface area contributed by atoms with Crippen molar-refractivity contribution in [3.05, 3.63) is 82.9 Å². The van der Waals surface area contributed by atoms with E-state index in [1.165, 1.54) is 18.2 Å². The van der Waals surface area contributed by atoms with Crippen molar-refractivity contribution in [2.75, 3.05) is 0 Å². The first-order chi connectivity index (χ1) is 11.5. The van der Waals surface area contributed by atoms with Gasteiger partial charge in [0.05, 0.1) is 10.5 Å². The molecule has 24 heavy (non-hydrogen) atoms. The zero-order valence-electron chi connectivity index (χ0n) is 13.2. The Hall–Kier alpha value is -3.28. The average Bonchev–Trinajstić information content (AvgIpc) is 2.58. The zero-order chi connectivity index (χ0) is 17.1. The average molecular weight is 323 g/mol. The Morgan fingerprint density at radius 1 is 1.00 bits per heavy atom. The van der Waals surface area contributed by atoms with Crippen molar-refractivity contribution < 1.29 is 19.2 Å². The van der Waals surface area contributed by atoms with E-state index in [1.807, 2.05) is 65.2 Å². The van der Waals surface area contributed by atoms with Gasteiger partial charge < -0.3 is 5.11 Å². The lowest BCUT2D eigenvalue weighted by atomic mass is 10.1. The highest BCUT2D eigenvalue weighted by Crippen LogP contribution is 2.23. The van der Waals surface area contributed by atoms with Gasteiger partial charge in [-0.25, -0.2) is 9.13 Å². The maximum atomic E-state index is 10.9. The summed E-state index contributed by atoms with van der Waals surface area (Å²) in [6.07, 6.45) is 7.75. The van der Waals surface area contributed by atoms with E-state index in [4.69, 9.17) is 0 Å². The number of nitro benzene ring substituents is 1. The molecule has 3 aromatic rings. The molecular weight excluding hydrogens is 306 g/mol. The van der Waals surface area contributed by atoms with Crippen molar-refractivity contribution in [1.82, 2.24) is 0 Å². The molecule has 0 atom stereocenters. The summed E-state index contributed by atoms with van der Waals surface area (Å²) in [6.45, 7) is 0.359. The number of nitrogens with zero attached hydrogens (tertiary/aromatic N) is 3. The molecule has 0 aliphatic rings. The Bertz CT molecular complexity index is 875. The summed E-state index contributed by atoms with van der Waals surface area (Å²) in [4.78, 5) is 10.4. The molecule has 2 aromatic heterocycles. The number of phenols is 1. The number of hydrogen-bond donors (Lipinski definition) is 1. The summed E-state index contributed by atoms with van der Waals surface area (Å²) in [5.74, 6) is 0.0488. The molecule has 6 heteroatoms. The maximum Gasteiger partial charge on any atom is 0.270 e. The van der Waals surface area contributed by atoms with E-state index in [0.29, 0.717) is 12.1 Å². The van der Waals surface area contributed by atoms with Crippen LogP contribution in [0.3, 0.4) is 0 Å². The van der Waals surface area contributed by atoms with E-state index in [2.05, 4.69) is 0 Å². The topological polar surface area (TPSA) is 71.1 Å². The molecule has 2 heterocycles. The van der Waals surface area contributed by atoms with Gasteiger partial charge >= 0.3 is 0 Å². The minimum absolute atomic E-state index is 0.0304. The number of hydrogen-bond acceptors (Lipinski definition) is 3. The summed E-state index contributed by atoms with van der Waals surface area (Å²) < 4.78 is 3.84. The van der Waals surface area contributed by atoms with Crippen LogP contribution in [0.4, 0.5) is 5.69 Å². The SMILES string of the molecule is C[n+]1ccc(-c2cc[n+](Cc3cc([N+](=O)[O-])ccc3O)cc2)cc1. The molecule has 0 amide bonds. The van der Waals surface area contributed by atoms with Crippen LogP contribution < -0.4 is 9.13 Å². The molecule has 6 nitrogen and oxygen atoms in total. The third-order valence-electron chi connectivity index (χ3n) is 3.83. The number of phenolic OH excluding ortho intramolecular Hbond substituents is 1. The van der Waals surface area contributed by atoms with Crippen LogP contribution in [-0.2, 0) is 13.6 Å². The predicted molar refractivity (Wildman–Crippen MR) is 87.1 cm³/mol. The van der Waals surface area contributed by atoms with E-state index in [-0.39, 0.29) is 11.4 Å². The molecule has 0 spiro atoms. The number of nitro groups is 1. The predicted octanol–water partition coefficient (Wildman–Crippen LogP) is 2.13. The van der Waals surface area contributed by atoms with E-state index in [9.17, 15) is 15.2 Å². The van der Waals surface area contributed by atoms with Gasteiger partial charge in [0.1, 0.15) is 12.8 Å². The van der Waals surface area contributed by atoms with Crippen molar-refractivity contribution in [2.45, 2.75) is 6.54 Å². The second-order valence-corrected chi connectivity index (χ2v) is 5.58. The smallest absolute Gasteiger partial charge is 0.270 e. The van der Waals surface area contributed by atoms with Crippen LogP contribution in [0, 0.1) is 10.1 Å². The second kappa shape index (κ2) is 6.45. The van der Waals surface area contributed by atoms with Crippen molar-refractivity contribution in [3.8, 4) is 16.9 Å². The molecule has 120 valence electrons. The standard InChI is InChI=1S/C18H16N3O3/c1-19-8-4-14(5-9-19)15-6-10-20(11-7-15)13-16-12-17(21(23)24)2-3-18(16)22/h2-12H,13H2,1H3/q+1/p+1. The molecule has 0 saturated heterocycles. The summed E-state index contributed by atoms with van der Waals surface area (Å²) in [5, 5.41) is 20.8. The van der Waals surface area contributed by atoms with Crippen molar-refractivity contribution >= 4 is 5.69 Å². The number of aromatic hydroxyl groups is 1. The minimum Gasteiger partial charge on any atom is -0.507 e. The molecule has 0 radical (unpaired) electrons. The first-order valence-electron chi connectivity index (χ1n) is 7.44. The minimum atomic E-state index is -0.466. The van der Waals surface area contributed by atoms with Gasteiger partial charge in [0.25, 0.3) is 5.69 Å². The quantitative estimate of drug-likeness (QED) is 0.454. The lowest BCUT2D eigenvalue weighted by Gasteiger charge is -2.03. The van der Waals surface area contributed by atoms with E-state index >= 15 is 0 Å². The van der Waals surface area contributed by atoms with E-state index < -0.39 is 4.92 Å². The van der Waals surface area contributed by atoms with Crippen LogP contribution in [0.15, 0.2) is 67.3 Å². The third kappa shape index (κ3) is 3.38. The Balaban J connectivity index is 1.83. The highest BCUT2D eigenvalue weighted by Gasteiger charge is 2.14. The third-order valence-corrected chi connectivity index (χ3v) is 3.83. The molecule has 0 fully saturated rings. The van der Waals surface area contributed by atoms with Gasteiger partial charge in [0.2, 0.25) is 0 Å². The largest absolute Gasteiger partial charge is 0.507 e. The highest BCUT2D eigenvalue weighted by atomic mass is 16.6. The van der Waals surface area contributed by atoms with Crippen molar-refractivity contribution in [1.29, 1.82) is 0 Å². The Morgan fingerprint density at radius 2 is 1.58 bits per heavy atom. The number of benzene rings is 1. The molecule has 0 bridgehead atoms. The van der Waals surface area contributed by atoms with E-state index in [1.54, 1.807) is 0 Å². The lowest BCUT2D eigenvalue weighted by molar-refractivity contribution is -0.688. The second-order valence-electron chi connectivity index (χ2n) is 5.58. The fraction of sp³-hybridized carbons (Fsp3) is 0.111. The maximum absolute atomic E-state index is 10.9. The first-order valence-corrected chi connectivity index (χ1v) is 7.44. The summed E-state index contributed by atoms with van der Waals surface area (Å²) >= 11 is 0. The van der Waals surface area contributed by atoms with Crippen molar-refractivity contribution in [3.63, 3.8) is 0 Å². The normalized spacial score (nSPS) is 10.5. The first kappa shape index (κ1) is 15.6. The van der Waals surface area contributed by atoms with Crippen LogP contribution >= 0.6 is 0 Å². The van der Waals surface area contributed by atoms with Crippen molar-refractivity contribution in [2.24, 2.45) is 7.05 Å². The Morgan fingerprint density at radius 3 is 2.17 bits per heavy atom. The number of rotatable bonds is 4. The van der Waals surface area contributed by atoms with Crippen LogP contribution in [0.1, 0.15) is 5.56 Å². The van der Waals surface area contributed by atoms with Gasteiger partial charge in [-0.15, -0.1) is 0 Å². The number of non-ortho nitro benzene ring substituents is 1. The fourth-order valence-electron chi connectivity index (χ4n) is 2.46. The molecular formula is C18H17N3O3+2. The molecule has 1 N–H and O–H groups in total. The summed E-state index contributed by atoms with van der Waals surface area (Å²) in [6, 6.07) is 12.1. The van der Waals surface area contributed by atoms with E-state index in [0.717, 1.165) is 11.1 Å². The van der Waals surface area contributed by atoms with Gasteiger partial charge in [-0.2, -0.15) is 0 Å². The molecule has 1 aromatic carbocycles. The number of pyridine rings is 2. The summed E-state index contributed by atoms with van der Waals surface area (Å²) in [7, 11) is 1.97. The van der Waals surface area contributed by atoms with Crippen LogP contribution in [-0.4, -0.2) is 10.0 Å². The van der Waals surface area contributed by atoms with Crippen LogP contribution in [0.5, 0.6) is 5.75 Å². The molecule has 0 unspecified atom stereocenters. The van der Waals surface area contributed by atoms with Gasteiger partial charge in [-0.3, -0.25) is 10.1 Å². The Labute approximate surface area is 139 Å². The molecule has 0 aliphatic carbocycles. The monoisotopic (exact) mass is 323 g/mol. The van der Waals surface area contributed by atoms with Crippen LogP contribution in [0.25, 0.3) is 11.1 Å². The Kier molecular flexibility index (Phi) is 4.20. The lowest BCUT2D eigenvalue weighted by Crippen LogP contribution is -2.33. The van der Waals surface area contributed by atoms with Gasteiger partial charge in [-0.05, 0) is 17.2 Å². The molecule has 3 rings (SSSR count). The van der Waals surface area contributed by atoms with Crippen LogP contribution in [0.2, 0.25) is 0 Å². The van der Waals surface area contributed by atoms with Gasteiger partial charge in [0.15, 0.2) is 31.3 Å². The number of aryl methyl sites for hydroxylation is 1. The van der Waals surface area contributed by atoms with Gasteiger partial charge in [0, 0.05) is 36.4 Å². The number of aromatic nitrogens is 2. The van der Waals surface area contributed by atoms with Gasteiger partial charge in [-0.1, -0.05) is 0 Å². The molecule has 0 saturated carbocycles. The fourth-order valence-corrected chi connectivity index (χ4v) is 2.46. The highest BCUT2D eigenvalue weighted by molar-refractivity contribution is 5.60. The summed E-state index contributed by atoms with van der Waals surface area (Å²) in [5.41, 5.74) is 2.67. The molecule has 0 aliphatic heterocycles.